The topological polar surface area (TPSA) is 60.2 Å². The van der Waals surface area contributed by atoms with E-state index < -0.39 is 0 Å². The van der Waals surface area contributed by atoms with Crippen molar-refractivity contribution in [1.82, 2.24) is 10.1 Å². The van der Waals surface area contributed by atoms with Gasteiger partial charge in [0.1, 0.15) is 6.10 Å². The Kier molecular flexibility index (Phi) is 2.18. The van der Waals surface area contributed by atoms with Crippen molar-refractivity contribution in [3.8, 4) is 0 Å². The highest BCUT2D eigenvalue weighted by atomic mass is 16.5. The van der Waals surface area contributed by atoms with E-state index in [1.54, 1.807) is 7.11 Å². The molecule has 1 saturated carbocycles. The second-order valence-corrected chi connectivity index (χ2v) is 3.25. The minimum atomic E-state index is -0.112. The van der Waals surface area contributed by atoms with Crippen LogP contribution in [0, 0.1) is 0 Å². The molecular formula is C8H13N3O2. The molecule has 13 heavy (non-hydrogen) atoms. The van der Waals surface area contributed by atoms with E-state index in [1.807, 2.05) is 6.92 Å². The molecule has 0 saturated heterocycles. The number of nitrogens with zero attached hydrogens (tertiary/aromatic N) is 2. The molecule has 0 aliphatic heterocycles. The molecule has 5 nitrogen and oxygen atoms in total. The summed E-state index contributed by atoms with van der Waals surface area (Å²) in [7, 11) is 1.62. The Balaban J connectivity index is 1.99. The summed E-state index contributed by atoms with van der Waals surface area (Å²) >= 11 is 0. The van der Waals surface area contributed by atoms with E-state index in [2.05, 4.69) is 15.5 Å². The third-order valence-electron chi connectivity index (χ3n) is 2.06. The van der Waals surface area contributed by atoms with Crippen molar-refractivity contribution in [2.75, 3.05) is 12.4 Å². The van der Waals surface area contributed by atoms with E-state index >= 15 is 0 Å². The van der Waals surface area contributed by atoms with Crippen LogP contribution in [0.1, 0.15) is 31.7 Å². The Morgan fingerprint density at radius 2 is 2.38 bits per heavy atom. The standard InChI is InChI=1S/C8H13N3O2/c1-5(12-2)7-10-8(13-11-7)9-6-3-4-6/h5-6H,3-4H2,1-2H3,(H,9,10,11). The first-order chi connectivity index (χ1) is 6.29. The molecule has 1 atom stereocenters. The van der Waals surface area contributed by atoms with Gasteiger partial charge < -0.3 is 14.6 Å². The second-order valence-electron chi connectivity index (χ2n) is 3.25. The molecule has 5 heteroatoms. The molecule has 72 valence electrons. The van der Waals surface area contributed by atoms with Crippen LogP contribution in [0.5, 0.6) is 0 Å². The molecule has 1 aromatic heterocycles. The van der Waals surface area contributed by atoms with Gasteiger partial charge in [-0.3, -0.25) is 0 Å². The van der Waals surface area contributed by atoms with Crippen molar-refractivity contribution in [1.29, 1.82) is 0 Å². The van der Waals surface area contributed by atoms with E-state index in [4.69, 9.17) is 9.26 Å². The Labute approximate surface area is 76.5 Å². The Morgan fingerprint density at radius 3 is 3.00 bits per heavy atom. The summed E-state index contributed by atoms with van der Waals surface area (Å²) in [5.74, 6) is 0.589. The van der Waals surface area contributed by atoms with Crippen LogP contribution in [0.15, 0.2) is 4.52 Å². The van der Waals surface area contributed by atoms with E-state index in [9.17, 15) is 0 Å². The van der Waals surface area contributed by atoms with Gasteiger partial charge in [0, 0.05) is 13.2 Å². The van der Waals surface area contributed by atoms with Crippen molar-refractivity contribution in [3.05, 3.63) is 5.82 Å². The first-order valence-corrected chi connectivity index (χ1v) is 4.42. The lowest BCUT2D eigenvalue weighted by Gasteiger charge is -2.00. The van der Waals surface area contributed by atoms with Crippen molar-refractivity contribution in [2.24, 2.45) is 0 Å². The molecule has 1 N–H and O–H groups in total. The largest absolute Gasteiger partial charge is 0.374 e. The number of rotatable bonds is 4. The van der Waals surface area contributed by atoms with E-state index in [-0.39, 0.29) is 6.10 Å². The summed E-state index contributed by atoms with van der Waals surface area (Å²) in [6, 6.07) is 1.03. The van der Waals surface area contributed by atoms with Crippen molar-refractivity contribution >= 4 is 6.01 Å². The van der Waals surface area contributed by atoms with Crippen LogP contribution >= 0.6 is 0 Å². The monoisotopic (exact) mass is 183 g/mol. The smallest absolute Gasteiger partial charge is 0.321 e. The molecule has 0 bridgehead atoms. The average molecular weight is 183 g/mol. The average Bonchev–Trinajstić information content (AvgIpc) is 2.81. The molecule has 1 heterocycles. The van der Waals surface area contributed by atoms with Gasteiger partial charge in [-0.1, -0.05) is 5.16 Å². The highest BCUT2D eigenvalue weighted by Gasteiger charge is 2.23. The lowest BCUT2D eigenvalue weighted by atomic mass is 10.4. The molecule has 1 aliphatic carbocycles. The SMILES string of the molecule is COC(C)c1noc(NC2CC2)n1. The van der Waals surface area contributed by atoms with Gasteiger partial charge >= 0.3 is 6.01 Å². The normalized spacial score (nSPS) is 18.6. The number of hydrogen-bond donors (Lipinski definition) is 1. The van der Waals surface area contributed by atoms with Gasteiger partial charge in [0.15, 0.2) is 0 Å². The molecule has 0 aromatic carbocycles. The maximum absolute atomic E-state index is 5.06. The molecular weight excluding hydrogens is 170 g/mol. The Hall–Kier alpha value is -1.10. The summed E-state index contributed by atoms with van der Waals surface area (Å²) in [5, 5.41) is 6.91. The predicted octanol–water partition coefficient (Wildman–Crippen LogP) is 1.35. The molecule has 1 unspecified atom stereocenters. The number of ether oxygens (including phenoxy) is 1. The maximum Gasteiger partial charge on any atom is 0.321 e. The third kappa shape index (κ3) is 1.98. The number of hydrogen-bond acceptors (Lipinski definition) is 5. The zero-order valence-corrected chi connectivity index (χ0v) is 7.78. The molecule has 1 aromatic rings. The zero-order valence-electron chi connectivity index (χ0n) is 7.78. The predicted molar refractivity (Wildman–Crippen MR) is 46.4 cm³/mol. The molecule has 1 fully saturated rings. The minimum absolute atomic E-state index is 0.112. The van der Waals surface area contributed by atoms with Crippen LogP contribution in [0.25, 0.3) is 0 Å². The van der Waals surface area contributed by atoms with Crippen molar-refractivity contribution in [2.45, 2.75) is 31.9 Å². The number of nitrogens with one attached hydrogen (secondary N) is 1. The molecule has 0 spiro atoms. The van der Waals surface area contributed by atoms with Gasteiger partial charge in [-0.15, -0.1) is 0 Å². The fraction of sp³-hybridized carbons (Fsp3) is 0.750. The van der Waals surface area contributed by atoms with Crippen LogP contribution in [0.4, 0.5) is 6.01 Å². The quantitative estimate of drug-likeness (QED) is 0.763. The van der Waals surface area contributed by atoms with E-state index in [0.29, 0.717) is 17.9 Å². The Morgan fingerprint density at radius 1 is 1.62 bits per heavy atom. The van der Waals surface area contributed by atoms with Crippen LogP contribution in [-0.4, -0.2) is 23.3 Å². The zero-order chi connectivity index (χ0) is 9.26. The number of aromatic nitrogens is 2. The fourth-order valence-corrected chi connectivity index (χ4v) is 0.966. The highest BCUT2D eigenvalue weighted by molar-refractivity contribution is 5.23. The summed E-state index contributed by atoms with van der Waals surface area (Å²) in [4.78, 5) is 4.15. The molecule has 1 aliphatic rings. The third-order valence-corrected chi connectivity index (χ3v) is 2.06. The fourth-order valence-electron chi connectivity index (χ4n) is 0.966. The maximum atomic E-state index is 5.06. The van der Waals surface area contributed by atoms with Gasteiger partial charge in [0.2, 0.25) is 5.82 Å². The molecule has 2 rings (SSSR count). The van der Waals surface area contributed by atoms with Gasteiger partial charge in [-0.25, -0.2) is 0 Å². The van der Waals surface area contributed by atoms with Gasteiger partial charge in [-0.05, 0) is 19.8 Å². The number of anilines is 1. The molecule has 0 radical (unpaired) electrons. The first-order valence-electron chi connectivity index (χ1n) is 4.42. The summed E-state index contributed by atoms with van der Waals surface area (Å²) in [5.41, 5.74) is 0. The lowest BCUT2D eigenvalue weighted by molar-refractivity contribution is 0.109. The number of methoxy groups -OCH3 is 1. The van der Waals surface area contributed by atoms with Crippen LogP contribution in [-0.2, 0) is 4.74 Å². The van der Waals surface area contributed by atoms with Crippen molar-refractivity contribution in [3.63, 3.8) is 0 Å². The highest BCUT2D eigenvalue weighted by Crippen LogP contribution is 2.24. The van der Waals surface area contributed by atoms with Gasteiger partial charge in [-0.2, -0.15) is 4.98 Å². The van der Waals surface area contributed by atoms with Crippen LogP contribution in [0.2, 0.25) is 0 Å². The van der Waals surface area contributed by atoms with Crippen LogP contribution in [0.3, 0.4) is 0 Å². The Bertz CT molecular complexity index is 283. The minimum Gasteiger partial charge on any atom is -0.374 e. The summed E-state index contributed by atoms with van der Waals surface area (Å²) in [6.07, 6.45) is 2.27. The summed E-state index contributed by atoms with van der Waals surface area (Å²) in [6.45, 7) is 1.88. The molecule has 0 amide bonds. The summed E-state index contributed by atoms with van der Waals surface area (Å²) < 4.78 is 10.0. The first kappa shape index (κ1) is 8.50. The van der Waals surface area contributed by atoms with Crippen molar-refractivity contribution < 1.29 is 9.26 Å². The van der Waals surface area contributed by atoms with Gasteiger partial charge in [0.05, 0.1) is 0 Å². The lowest BCUT2D eigenvalue weighted by Crippen LogP contribution is -2.02. The van der Waals surface area contributed by atoms with E-state index in [0.717, 1.165) is 0 Å². The van der Waals surface area contributed by atoms with E-state index in [1.165, 1.54) is 12.8 Å². The second kappa shape index (κ2) is 3.33. The van der Waals surface area contributed by atoms with Crippen LogP contribution < -0.4 is 5.32 Å². The van der Waals surface area contributed by atoms with Gasteiger partial charge in [0.25, 0.3) is 0 Å².